The summed E-state index contributed by atoms with van der Waals surface area (Å²) in [6.45, 7) is 4.25. The molecule has 1 aliphatic rings. The smallest absolute Gasteiger partial charge is 0.406 e. The van der Waals surface area contributed by atoms with Crippen LogP contribution in [0.5, 0.6) is 5.75 Å². The Kier molecular flexibility index (Phi) is 9.56. The van der Waals surface area contributed by atoms with Crippen molar-refractivity contribution in [2.45, 2.75) is 32.5 Å². The lowest BCUT2D eigenvalue weighted by Gasteiger charge is -2.22. The van der Waals surface area contributed by atoms with E-state index in [2.05, 4.69) is 38.8 Å². The van der Waals surface area contributed by atoms with Gasteiger partial charge < -0.3 is 10.5 Å². The number of hydrogen-bond acceptors (Lipinski definition) is 6. The molecule has 4 rings (SSSR count). The minimum Gasteiger partial charge on any atom is -0.406 e. The van der Waals surface area contributed by atoms with Gasteiger partial charge in [0.15, 0.2) is 5.17 Å². The fraction of sp³-hybridized carbons (Fsp3) is 0.207. The summed E-state index contributed by atoms with van der Waals surface area (Å²) in [5.74, 6) is 0.427. The van der Waals surface area contributed by atoms with Crippen LogP contribution in [0.25, 0.3) is 0 Å². The molecule has 1 heterocycles. The van der Waals surface area contributed by atoms with E-state index in [1.807, 2.05) is 24.3 Å². The molecule has 8 nitrogen and oxygen atoms in total. The largest absolute Gasteiger partial charge is 0.573 e. The van der Waals surface area contributed by atoms with Crippen molar-refractivity contribution in [3.8, 4) is 5.75 Å². The zero-order valence-electron chi connectivity index (χ0n) is 22.2. The number of para-hydroxylation sites is 1. The summed E-state index contributed by atoms with van der Waals surface area (Å²) in [5.41, 5.74) is 9.74. The number of carbonyl (C=O) groups excluding carboxylic acids is 1. The van der Waals surface area contributed by atoms with E-state index in [4.69, 9.17) is 5.73 Å². The number of halogens is 3. The number of benzene rings is 3. The number of rotatable bonds is 9. The van der Waals surface area contributed by atoms with Gasteiger partial charge in [-0.25, -0.2) is 9.98 Å². The van der Waals surface area contributed by atoms with Crippen molar-refractivity contribution in [3.05, 3.63) is 89.5 Å². The summed E-state index contributed by atoms with van der Waals surface area (Å²) in [4.78, 5) is 22.5. The van der Waals surface area contributed by atoms with Crippen LogP contribution in [0.4, 0.5) is 24.5 Å². The number of aliphatic imine (C=N–C) groups is 2. The summed E-state index contributed by atoms with van der Waals surface area (Å²) >= 11 is 1.35. The normalized spacial score (nSPS) is 16.3. The summed E-state index contributed by atoms with van der Waals surface area (Å²) in [6, 6.07) is 20.0. The van der Waals surface area contributed by atoms with Crippen molar-refractivity contribution in [1.29, 1.82) is 0 Å². The summed E-state index contributed by atoms with van der Waals surface area (Å²) in [5, 5.41) is 9.06. The van der Waals surface area contributed by atoms with Crippen LogP contribution in [0.15, 0.2) is 93.0 Å². The van der Waals surface area contributed by atoms with Crippen molar-refractivity contribution < 1.29 is 22.7 Å². The molecule has 0 aliphatic carbocycles. The fourth-order valence-electron chi connectivity index (χ4n) is 3.85. The molecule has 1 unspecified atom stereocenters. The van der Waals surface area contributed by atoms with Gasteiger partial charge in [0.25, 0.3) is 0 Å². The molecule has 0 radical (unpaired) electrons. The van der Waals surface area contributed by atoms with Gasteiger partial charge in [0.05, 0.1) is 23.3 Å². The number of ether oxygens (including phenoxy) is 1. The highest BCUT2D eigenvalue weighted by atomic mass is 32.2. The number of amidine groups is 2. The third-order valence-corrected chi connectivity index (χ3v) is 7.03. The Morgan fingerprint density at radius 3 is 2.49 bits per heavy atom. The number of amides is 1. The van der Waals surface area contributed by atoms with Crippen LogP contribution in [0, 0.1) is 0 Å². The highest BCUT2D eigenvalue weighted by Crippen LogP contribution is 2.34. The maximum atomic E-state index is 12.7. The Morgan fingerprint density at radius 2 is 1.80 bits per heavy atom. The van der Waals surface area contributed by atoms with Gasteiger partial charge >= 0.3 is 6.36 Å². The molecule has 1 atom stereocenters. The van der Waals surface area contributed by atoms with Crippen LogP contribution in [-0.4, -0.2) is 41.6 Å². The molecule has 12 heteroatoms. The number of thioether (sulfide) groups is 1. The number of alkyl halides is 3. The summed E-state index contributed by atoms with van der Waals surface area (Å²) < 4.78 is 40.6. The van der Waals surface area contributed by atoms with Gasteiger partial charge in [-0.1, -0.05) is 68.1 Å². The Labute approximate surface area is 239 Å². The topological polar surface area (TPSA) is 105 Å². The predicted molar refractivity (Wildman–Crippen MR) is 159 cm³/mol. The molecular formula is C29H27F3N6O2S. The Morgan fingerprint density at radius 1 is 1.10 bits per heavy atom. The number of nitrogens with zero attached hydrogens (tertiary/aromatic N) is 5. The lowest BCUT2D eigenvalue weighted by molar-refractivity contribution is -0.274. The first-order valence-electron chi connectivity index (χ1n) is 12.6. The van der Waals surface area contributed by atoms with E-state index in [0.29, 0.717) is 28.1 Å². The van der Waals surface area contributed by atoms with Gasteiger partial charge in [-0.05, 0) is 53.8 Å². The molecule has 3 aromatic rings. The molecule has 0 bridgehead atoms. The fourth-order valence-corrected chi connectivity index (χ4v) is 4.67. The van der Waals surface area contributed by atoms with Gasteiger partial charge in [-0.3, -0.25) is 9.69 Å². The molecule has 0 saturated carbocycles. The lowest BCUT2D eigenvalue weighted by atomic mass is 9.96. The summed E-state index contributed by atoms with van der Waals surface area (Å²) in [6.07, 6.45) is -1.01. The van der Waals surface area contributed by atoms with E-state index in [9.17, 15) is 18.0 Å². The van der Waals surface area contributed by atoms with E-state index in [-0.39, 0.29) is 17.5 Å². The van der Waals surface area contributed by atoms with Crippen LogP contribution < -0.4 is 15.4 Å². The third kappa shape index (κ3) is 8.04. The zero-order chi connectivity index (χ0) is 29.4. The SMILES string of the molecule is CCC(C)c1ccccc1N1C(=O)CS/C1=N/N=C\c1ccc(C(N)=NC=Nc2ccc(OC(F)(F)F)cc2)cc1. The van der Waals surface area contributed by atoms with Crippen molar-refractivity contribution >= 4 is 52.6 Å². The Bertz CT molecular complexity index is 1490. The second kappa shape index (κ2) is 13.3. The van der Waals surface area contributed by atoms with E-state index in [1.165, 1.54) is 30.2 Å². The van der Waals surface area contributed by atoms with E-state index < -0.39 is 6.36 Å². The van der Waals surface area contributed by atoms with E-state index >= 15 is 0 Å². The second-order valence-electron chi connectivity index (χ2n) is 8.94. The van der Waals surface area contributed by atoms with Crippen LogP contribution in [0.3, 0.4) is 0 Å². The molecule has 1 amide bonds. The minimum atomic E-state index is -4.75. The van der Waals surface area contributed by atoms with Crippen molar-refractivity contribution in [2.75, 3.05) is 10.7 Å². The third-order valence-electron chi connectivity index (χ3n) is 6.12. The van der Waals surface area contributed by atoms with E-state index in [1.54, 1.807) is 35.4 Å². The monoisotopic (exact) mass is 580 g/mol. The molecule has 3 aromatic carbocycles. The molecule has 212 valence electrons. The highest BCUT2D eigenvalue weighted by molar-refractivity contribution is 8.15. The Balaban J connectivity index is 1.40. The molecule has 41 heavy (non-hydrogen) atoms. The first-order valence-corrected chi connectivity index (χ1v) is 13.6. The average molecular weight is 581 g/mol. The average Bonchev–Trinajstić information content (AvgIpc) is 3.32. The van der Waals surface area contributed by atoms with Gasteiger partial charge in [0.1, 0.15) is 17.9 Å². The molecule has 1 saturated heterocycles. The molecular weight excluding hydrogens is 553 g/mol. The first-order chi connectivity index (χ1) is 19.6. The van der Waals surface area contributed by atoms with Crippen LogP contribution in [-0.2, 0) is 4.79 Å². The number of nitrogens with two attached hydrogens (primary N) is 1. The van der Waals surface area contributed by atoms with Crippen molar-refractivity contribution in [2.24, 2.45) is 25.9 Å². The van der Waals surface area contributed by atoms with Crippen LogP contribution >= 0.6 is 11.8 Å². The first kappa shape index (κ1) is 29.5. The van der Waals surface area contributed by atoms with Gasteiger partial charge in [-0.2, -0.15) is 5.10 Å². The number of hydrogen-bond donors (Lipinski definition) is 1. The van der Waals surface area contributed by atoms with Crippen LogP contribution in [0.2, 0.25) is 0 Å². The summed E-state index contributed by atoms with van der Waals surface area (Å²) in [7, 11) is 0. The zero-order valence-corrected chi connectivity index (χ0v) is 23.1. The van der Waals surface area contributed by atoms with Crippen molar-refractivity contribution in [1.82, 2.24) is 0 Å². The molecule has 0 aromatic heterocycles. The van der Waals surface area contributed by atoms with E-state index in [0.717, 1.165) is 35.4 Å². The van der Waals surface area contributed by atoms with Crippen molar-refractivity contribution in [3.63, 3.8) is 0 Å². The molecule has 0 spiro atoms. The van der Waals surface area contributed by atoms with Crippen LogP contribution in [0.1, 0.15) is 42.9 Å². The lowest BCUT2D eigenvalue weighted by Crippen LogP contribution is -2.30. The quantitative estimate of drug-likeness (QED) is 0.174. The molecule has 1 fully saturated rings. The molecule has 1 aliphatic heterocycles. The minimum absolute atomic E-state index is 0.0326. The predicted octanol–water partition coefficient (Wildman–Crippen LogP) is 6.63. The van der Waals surface area contributed by atoms with Gasteiger partial charge in [-0.15, -0.1) is 18.3 Å². The standard InChI is InChI=1S/C29H27F3N6O2S/c1-3-19(2)24-6-4-5-7-25(24)38-26(39)17-41-28(38)37-36-16-20-8-10-21(11-9-20)27(33)35-18-34-22-12-14-23(15-13-22)40-29(30,31)32/h4-16,18-19H,3,17H2,1-2H3,(H2,33,34,35)/b36-16-,37-28+. The maximum Gasteiger partial charge on any atom is 0.573 e. The second-order valence-corrected chi connectivity index (χ2v) is 9.88. The van der Waals surface area contributed by atoms with Gasteiger partial charge in [0, 0.05) is 5.56 Å². The number of anilines is 1. The van der Waals surface area contributed by atoms with Gasteiger partial charge in [0.2, 0.25) is 5.91 Å². The molecule has 2 N–H and O–H groups in total. The number of carbonyl (C=O) groups is 1. The highest BCUT2D eigenvalue weighted by Gasteiger charge is 2.32. The Hall–Kier alpha value is -4.45. The maximum absolute atomic E-state index is 12.7.